The number of quaternary nitrogens is 1. The van der Waals surface area contributed by atoms with Crippen LogP contribution in [0.4, 0.5) is 0 Å². The fourth-order valence-corrected chi connectivity index (χ4v) is 2.71. The molecule has 124 valence electrons. The number of hydrogen-bond acceptors (Lipinski definition) is 1. The van der Waals surface area contributed by atoms with Crippen molar-refractivity contribution in [1.29, 1.82) is 0 Å². The van der Waals surface area contributed by atoms with E-state index < -0.39 is 0 Å². The first-order valence-electron chi connectivity index (χ1n) is 8.62. The van der Waals surface area contributed by atoms with Gasteiger partial charge in [0.05, 0.1) is 19.2 Å². The average Bonchev–Trinajstić information content (AvgIpc) is 2.55. The first-order valence-corrected chi connectivity index (χ1v) is 8.62. The highest BCUT2D eigenvalue weighted by Gasteiger charge is 2.22. The lowest BCUT2D eigenvalue weighted by atomic mass is 9.78. The van der Waals surface area contributed by atoms with Crippen molar-refractivity contribution in [3.05, 3.63) is 65.7 Å². The van der Waals surface area contributed by atoms with E-state index in [9.17, 15) is 0 Å². The van der Waals surface area contributed by atoms with Gasteiger partial charge in [-0.3, -0.25) is 0 Å². The van der Waals surface area contributed by atoms with Crippen LogP contribution in [-0.2, 0) is 5.41 Å². The Kier molecular flexibility index (Phi) is 6.23. The fraction of sp³-hybridized carbons (Fsp3) is 0.429. The Bertz CT molecular complexity index is 573. The first kappa shape index (κ1) is 17.6. The zero-order valence-electron chi connectivity index (χ0n) is 14.9. The standard InChI is InChI=1S/C21H29NO/c1-17(2)22-15-8-16-23-20-13-11-19(12-14-20)21(3,4)18-9-6-5-7-10-18/h5-7,9-14,17,22H,8,15-16H2,1-4H3/p+1. The minimum absolute atomic E-state index is 0.00597. The van der Waals surface area contributed by atoms with E-state index in [0.717, 1.165) is 25.3 Å². The van der Waals surface area contributed by atoms with Crippen molar-refractivity contribution in [2.75, 3.05) is 13.2 Å². The van der Waals surface area contributed by atoms with Crippen molar-refractivity contribution in [2.45, 2.75) is 45.6 Å². The molecule has 0 spiro atoms. The highest BCUT2D eigenvalue weighted by molar-refractivity contribution is 5.39. The van der Waals surface area contributed by atoms with Gasteiger partial charge in [-0.05, 0) is 37.1 Å². The summed E-state index contributed by atoms with van der Waals surface area (Å²) in [6.45, 7) is 10.9. The second kappa shape index (κ2) is 8.16. The van der Waals surface area contributed by atoms with Crippen LogP contribution in [0.2, 0.25) is 0 Å². The number of rotatable bonds is 8. The second-order valence-electron chi connectivity index (χ2n) is 6.99. The summed E-state index contributed by atoms with van der Waals surface area (Å²) >= 11 is 0. The highest BCUT2D eigenvalue weighted by Crippen LogP contribution is 2.32. The molecule has 0 aromatic heterocycles. The van der Waals surface area contributed by atoms with E-state index in [0.29, 0.717) is 6.04 Å². The molecule has 2 aromatic carbocycles. The Balaban J connectivity index is 1.92. The lowest BCUT2D eigenvalue weighted by molar-refractivity contribution is -0.683. The third-order valence-electron chi connectivity index (χ3n) is 4.33. The Labute approximate surface area is 140 Å². The molecule has 23 heavy (non-hydrogen) atoms. The van der Waals surface area contributed by atoms with Crippen LogP contribution in [0.5, 0.6) is 5.75 Å². The normalized spacial score (nSPS) is 11.7. The summed E-state index contributed by atoms with van der Waals surface area (Å²) in [6, 6.07) is 19.8. The smallest absolute Gasteiger partial charge is 0.119 e. The van der Waals surface area contributed by atoms with E-state index in [1.54, 1.807) is 0 Å². The van der Waals surface area contributed by atoms with Gasteiger partial charge < -0.3 is 10.1 Å². The van der Waals surface area contributed by atoms with Crippen LogP contribution in [-0.4, -0.2) is 19.2 Å². The van der Waals surface area contributed by atoms with Gasteiger partial charge in [-0.15, -0.1) is 0 Å². The van der Waals surface area contributed by atoms with Gasteiger partial charge in [0.15, 0.2) is 0 Å². The van der Waals surface area contributed by atoms with E-state index in [-0.39, 0.29) is 5.41 Å². The van der Waals surface area contributed by atoms with E-state index >= 15 is 0 Å². The Morgan fingerprint density at radius 2 is 1.52 bits per heavy atom. The van der Waals surface area contributed by atoms with Gasteiger partial charge in [-0.2, -0.15) is 0 Å². The van der Waals surface area contributed by atoms with Gasteiger partial charge in [0, 0.05) is 11.8 Å². The third-order valence-corrected chi connectivity index (χ3v) is 4.33. The minimum Gasteiger partial charge on any atom is -0.493 e. The van der Waals surface area contributed by atoms with E-state index in [2.05, 4.69) is 87.6 Å². The molecule has 2 rings (SSSR count). The Morgan fingerprint density at radius 1 is 0.913 bits per heavy atom. The molecule has 2 N–H and O–H groups in total. The van der Waals surface area contributed by atoms with Crippen molar-refractivity contribution in [1.82, 2.24) is 0 Å². The van der Waals surface area contributed by atoms with Crippen LogP contribution >= 0.6 is 0 Å². The average molecular weight is 312 g/mol. The molecular weight excluding hydrogens is 282 g/mol. The fourth-order valence-electron chi connectivity index (χ4n) is 2.71. The molecule has 0 aliphatic heterocycles. The predicted molar refractivity (Wildman–Crippen MR) is 97.1 cm³/mol. The molecule has 0 heterocycles. The minimum atomic E-state index is 0.00597. The summed E-state index contributed by atoms with van der Waals surface area (Å²) in [4.78, 5) is 0. The monoisotopic (exact) mass is 312 g/mol. The molecule has 2 aromatic rings. The number of ether oxygens (including phenoxy) is 1. The van der Waals surface area contributed by atoms with Gasteiger partial charge in [0.25, 0.3) is 0 Å². The SMILES string of the molecule is CC(C)[NH2+]CCCOc1ccc(C(C)(C)c2ccccc2)cc1. The van der Waals surface area contributed by atoms with Crippen molar-refractivity contribution in [3.8, 4) is 5.75 Å². The quantitative estimate of drug-likeness (QED) is 0.738. The Morgan fingerprint density at radius 3 is 2.13 bits per heavy atom. The summed E-state index contributed by atoms with van der Waals surface area (Å²) in [7, 11) is 0. The van der Waals surface area contributed by atoms with Gasteiger partial charge in [0.1, 0.15) is 5.75 Å². The van der Waals surface area contributed by atoms with Crippen molar-refractivity contribution in [3.63, 3.8) is 0 Å². The number of benzene rings is 2. The molecule has 2 heteroatoms. The van der Waals surface area contributed by atoms with Crippen LogP contribution < -0.4 is 10.1 Å². The first-order chi connectivity index (χ1) is 11.0. The predicted octanol–water partition coefficient (Wildman–Crippen LogP) is 3.75. The molecule has 0 fully saturated rings. The third kappa shape index (κ3) is 5.11. The van der Waals surface area contributed by atoms with Crippen LogP contribution in [0, 0.1) is 0 Å². The molecule has 0 radical (unpaired) electrons. The lowest BCUT2D eigenvalue weighted by Crippen LogP contribution is -2.88. The van der Waals surface area contributed by atoms with Crippen LogP contribution in [0.3, 0.4) is 0 Å². The molecule has 0 bridgehead atoms. The van der Waals surface area contributed by atoms with Gasteiger partial charge in [-0.1, -0.05) is 56.3 Å². The lowest BCUT2D eigenvalue weighted by Gasteiger charge is -2.26. The van der Waals surface area contributed by atoms with E-state index in [4.69, 9.17) is 4.74 Å². The Hall–Kier alpha value is -1.80. The maximum absolute atomic E-state index is 5.84. The topological polar surface area (TPSA) is 25.8 Å². The van der Waals surface area contributed by atoms with Gasteiger partial charge in [0.2, 0.25) is 0 Å². The maximum atomic E-state index is 5.84. The maximum Gasteiger partial charge on any atom is 0.119 e. The summed E-state index contributed by atoms with van der Waals surface area (Å²) in [5.41, 5.74) is 2.65. The van der Waals surface area contributed by atoms with Crippen molar-refractivity contribution >= 4 is 0 Å². The van der Waals surface area contributed by atoms with Crippen LogP contribution in [0.15, 0.2) is 54.6 Å². The van der Waals surface area contributed by atoms with E-state index in [1.807, 2.05) is 0 Å². The van der Waals surface area contributed by atoms with Crippen LogP contribution in [0.1, 0.15) is 45.2 Å². The number of nitrogens with two attached hydrogens (primary N) is 1. The molecule has 0 amide bonds. The van der Waals surface area contributed by atoms with E-state index in [1.165, 1.54) is 11.1 Å². The highest BCUT2D eigenvalue weighted by atomic mass is 16.5. The number of hydrogen-bond donors (Lipinski definition) is 1. The molecule has 0 saturated carbocycles. The molecule has 0 unspecified atom stereocenters. The largest absolute Gasteiger partial charge is 0.493 e. The zero-order chi connectivity index (χ0) is 16.7. The molecule has 0 aliphatic carbocycles. The van der Waals surface area contributed by atoms with Gasteiger partial charge >= 0.3 is 0 Å². The zero-order valence-corrected chi connectivity index (χ0v) is 14.9. The van der Waals surface area contributed by atoms with Crippen molar-refractivity contribution < 1.29 is 10.1 Å². The molecule has 0 saturated heterocycles. The molecule has 2 nitrogen and oxygen atoms in total. The summed E-state index contributed by atoms with van der Waals surface area (Å²) in [6.07, 6.45) is 1.08. The summed E-state index contributed by atoms with van der Waals surface area (Å²) in [5.74, 6) is 0.960. The summed E-state index contributed by atoms with van der Waals surface area (Å²) in [5, 5.41) is 2.34. The molecule has 0 aliphatic rings. The van der Waals surface area contributed by atoms with Gasteiger partial charge in [-0.25, -0.2) is 0 Å². The van der Waals surface area contributed by atoms with Crippen LogP contribution in [0.25, 0.3) is 0 Å². The summed E-state index contributed by atoms with van der Waals surface area (Å²) < 4.78 is 5.84. The second-order valence-corrected chi connectivity index (χ2v) is 6.99. The molecule has 0 atom stereocenters. The van der Waals surface area contributed by atoms with Crippen molar-refractivity contribution in [2.24, 2.45) is 0 Å². The molecular formula is C21H30NO+.